The Balaban J connectivity index is 3.47. The molecule has 0 amide bonds. The van der Waals surface area contributed by atoms with Gasteiger partial charge in [0.05, 0.1) is 0 Å². The molecule has 0 atom stereocenters. The highest BCUT2D eigenvalue weighted by molar-refractivity contribution is 6.10. The summed E-state index contributed by atoms with van der Waals surface area (Å²) in [6, 6.07) is 0. The fourth-order valence-corrected chi connectivity index (χ4v) is 1.84. The lowest BCUT2D eigenvalue weighted by atomic mass is 10.0. The SMILES string of the molecule is C=C/C=c1/c(C(=O)C(/C=C\C)=C/C=C)c[nH]/c1=C/C. The second-order valence-electron chi connectivity index (χ2n) is 3.91. The van der Waals surface area contributed by atoms with Crippen LogP contribution < -0.4 is 10.6 Å². The van der Waals surface area contributed by atoms with Crippen molar-refractivity contribution in [1.29, 1.82) is 0 Å². The van der Waals surface area contributed by atoms with Gasteiger partial charge in [0, 0.05) is 27.9 Å². The zero-order chi connectivity index (χ0) is 14.3. The Hall–Kier alpha value is -2.35. The van der Waals surface area contributed by atoms with Gasteiger partial charge < -0.3 is 4.98 Å². The van der Waals surface area contributed by atoms with Gasteiger partial charge in [0.2, 0.25) is 0 Å². The fourth-order valence-electron chi connectivity index (χ4n) is 1.84. The van der Waals surface area contributed by atoms with E-state index in [1.165, 1.54) is 0 Å². The van der Waals surface area contributed by atoms with Gasteiger partial charge in [-0.2, -0.15) is 0 Å². The van der Waals surface area contributed by atoms with Crippen molar-refractivity contribution < 1.29 is 4.79 Å². The number of aromatic nitrogens is 1. The number of ketones is 1. The molecular formula is C17H19NO. The van der Waals surface area contributed by atoms with Crippen molar-refractivity contribution in [2.75, 3.05) is 0 Å². The second kappa shape index (κ2) is 7.17. The zero-order valence-electron chi connectivity index (χ0n) is 11.4. The van der Waals surface area contributed by atoms with Gasteiger partial charge in [0.15, 0.2) is 5.78 Å². The van der Waals surface area contributed by atoms with Gasteiger partial charge in [-0.1, -0.05) is 55.7 Å². The Kier molecular flexibility index (Phi) is 5.55. The van der Waals surface area contributed by atoms with Gasteiger partial charge in [-0.05, 0) is 13.8 Å². The van der Waals surface area contributed by atoms with Crippen LogP contribution in [0.5, 0.6) is 0 Å². The summed E-state index contributed by atoms with van der Waals surface area (Å²) in [5.74, 6) is -0.0320. The van der Waals surface area contributed by atoms with Crippen molar-refractivity contribution in [2.24, 2.45) is 0 Å². The molecule has 1 N–H and O–H groups in total. The van der Waals surface area contributed by atoms with E-state index in [2.05, 4.69) is 18.1 Å². The number of Topliss-reactive ketones (excluding diaryl/α,β-unsaturated/α-hetero) is 1. The quantitative estimate of drug-likeness (QED) is 0.488. The highest BCUT2D eigenvalue weighted by Crippen LogP contribution is 2.06. The number of allylic oxidation sites excluding steroid dienone is 6. The van der Waals surface area contributed by atoms with Crippen LogP contribution in [0.25, 0.3) is 12.2 Å². The average Bonchev–Trinajstić information content (AvgIpc) is 2.81. The number of carbonyl (C=O) groups excluding carboxylic acids is 1. The molecule has 0 unspecified atom stereocenters. The van der Waals surface area contributed by atoms with Gasteiger partial charge in [-0.3, -0.25) is 4.79 Å². The lowest BCUT2D eigenvalue weighted by Gasteiger charge is -1.98. The minimum Gasteiger partial charge on any atom is -0.361 e. The van der Waals surface area contributed by atoms with Gasteiger partial charge in [0.1, 0.15) is 0 Å². The van der Waals surface area contributed by atoms with E-state index in [-0.39, 0.29) is 5.78 Å². The minimum atomic E-state index is -0.0320. The summed E-state index contributed by atoms with van der Waals surface area (Å²) in [6.45, 7) is 11.1. The molecule has 98 valence electrons. The van der Waals surface area contributed by atoms with Crippen LogP contribution >= 0.6 is 0 Å². The van der Waals surface area contributed by atoms with Crippen LogP contribution in [0.4, 0.5) is 0 Å². The first-order valence-corrected chi connectivity index (χ1v) is 6.16. The number of rotatable bonds is 5. The maximum atomic E-state index is 12.5. The summed E-state index contributed by atoms with van der Waals surface area (Å²) in [5.41, 5.74) is 1.25. The Morgan fingerprint density at radius 3 is 2.53 bits per heavy atom. The molecule has 0 aliphatic rings. The maximum Gasteiger partial charge on any atom is 0.195 e. The summed E-state index contributed by atoms with van der Waals surface area (Å²) in [7, 11) is 0. The molecule has 1 aromatic heterocycles. The number of aromatic amines is 1. The number of carbonyl (C=O) groups is 1. The van der Waals surface area contributed by atoms with Crippen LogP contribution in [0.15, 0.2) is 55.3 Å². The van der Waals surface area contributed by atoms with E-state index in [0.717, 1.165) is 10.6 Å². The molecule has 0 saturated heterocycles. The Morgan fingerprint density at radius 1 is 1.26 bits per heavy atom. The molecule has 0 aliphatic heterocycles. The third-order valence-corrected chi connectivity index (χ3v) is 2.68. The third kappa shape index (κ3) is 3.32. The number of H-pyrrole nitrogens is 1. The number of hydrogen-bond donors (Lipinski definition) is 1. The molecule has 0 saturated carbocycles. The predicted octanol–water partition coefficient (Wildman–Crippen LogP) is 2.65. The first-order chi connectivity index (χ1) is 9.19. The van der Waals surface area contributed by atoms with Crippen LogP contribution in [0.2, 0.25) is 0 Å². The summed E-state index contributed by atoms with van der Waals surface area (Å²) in [6.07, 6.45) is 14.1. The summed E-state index contributed by atoms with van der Waals surface area (Å²) < 4.78 is 0. The van der Waals surface area contributed by atoms with Crippen molar-refractivity contribution in [1.82, 2.24) is 4.98 Å². The van der Waals surface area contributed by atoms with E-state index < -0.39 is 0 Å². The molecule has 0 aromatic carbocycles. The van der Waals surface area contributed by atoms with Crippen molar-refractivity contribution in [2.45, 2.75) is 13.8 Å². The topological polar surface area (TPSA) is 32.9 Å². The smallest absolute Gasteiger partial charge is 0.195 e. The van der Waals surface area contributed by atoms with Crippen LogP contribution in [-0.2, 0) is 0 Å². The van der Waals surface area contributed by atoms with E-state index in [0.29, 0.717) is 11.1 Å². The first-order valence-electron chi connectivity index (χ1n) is 6.16. The van der Waals surface area contributed by atoms with Gasteiger partial charge >= 0.3 is 0 Å². The first kappa shape index (κ1) is 14.7. The zero-order valence-corrected chi connectivity index (χ0v) is 11.4. The molecule has 0 aliphatic carbocycles. The van der Waals surface area contributed by atoms with E-state index in [9.17, 15) is 4.79 Å². The molecule has 0 fully saturated rings. The molecule has 19 heavy (non-hydrogen) atoms. The Labute approximate surface area is 113 Å². The lowest BCUT2D eigenvalue weighted by Crippen LogP contribution is -2.26. The van der Waals surface area contributed by atoms with Gasteiger partial charge in [-0.15, -0.1) is 0 Å². The monoisotopic (exact) mass is 253 g/mol. The normalized spacial score (nSPS) is 14.1. The van der Waals surface area contributed by atoms with Crippen LogP contribution in [0, 0.1) is 0 Å². The predicted molar refractivity (Wildman–Crippen MR) is 82.3 cm³/mol. The second-order valence-corrected chi connectivity index (χ2v) is 3.91. The molecule has 0 radical (unpaired) electrons. The van der Waals surface area contributed by atoms with Crippen molar-refractivity contribution in [3.05, 3.63) is 71.4 Å². The third-order valence-electron chi connectivity index (χ3n) is 2.68. The highest BCUT2D eigenvalue weighted by Gasteiger charge is 2.12. The molecule has 0 spiro atoms. The van der Waals surface area contributed by atoms with E-state index in [4.69, 9.17) is 0 Å². The maximum absolute atomic E-state index is 12.5. The largest absolute Gasteiger partial charge is 0.361 e. The molecule has 1 aromatic rings. The van der Waals surface area contributed by atoms with Crippen LogP contribution in [-0.4, -0.2) is 10.8 Å². The molecule has 1 heterocycles. The minimum absolute atomic E-state index is 0.0320. The van der Waals surface area contributed by atoms with Gasteiger partial charge in [-0.25, -0.2) is 0 Å². The average molecular weight is 253 g/mol. The number of nitrogens with one attached hydrogen (secondary N) is 1. The highest BCUT2D eigenvalue weighted by atomic mass is 16.1. The molecule has 2 heteroatoms. The van der Waals surface area contributed by atoms with Crippen molar-refractivity contribution in [3.8, 4) is 0 Å². The van der Waals surface area contributed by atoms with Gasteiger partial charge in [0.25, 0.3) is 0 Å². The molecular weight excluding hydrogens is 234 g/mol. The summed E-state index contributed by atoms with van der Waals surface area (Å²) in [4.78, 5) is 15.6. The summed E-state index contributed by atoms with van der Waals surface area (Å²) in [5, 5.41) is 1.78. The standard InChI is InChI=1S/C17H19NO/c1-5-9-13(10-6-2)17(19)15-12-18-16(8-4)14(15)11-7-3/h5-12,18H,1,3H2,2,4H3/b10-6-,13-9+,14-11-,16-8+. The lowest BCUT2D eigenvalue weighted by molar-refractivity contribution is 0.103. The Morgan fingerprint density at radius 2 is 2.00 bits per heavy atom. The fraction of sp³-hybridized carbons (Fsp3) is 0.118. The number of hydrogen-bond acceptors (Lipinski definition) is 1. The molecule has 0 bridgehead atoms. The molecule has 1 rings (SSSR count). The van der Waals surface area contributed by atoms with E-state index in [1.807, 2.05) is 32.1 Å². The summed E-state index contributed by atoms with van der Waals surface area (Å²) >= 11 is 0. The van der Waals surface area contributed by atoms with E-state index >= 15 is 0 Å². The molecule has 2 nitrogen and oxygen atoms in total. The van der Waals surface area contributed by atoms with Crippen molar-refractivity contribution >= 4 is 17.9 Å². The van der Waals surface area contributed by atoms with Crippen molar-refractivity contribution in [3.63, 3.8) is 0 Å². The van der Waals surface area contributed by atoms with E-state index in [1.54, 1.807) is 30.5 Å². The van der Waals surface area contributed by atoms with Crippen LogP contribution in [0.1, 0.15) is 24.2 Å². The van der Waals surface area contributed by atoms with Crippen LogP contribution in [0.3, 0.4) is 0 Å². The Bertz CT molecular complexity index is 654.